The van der Waals surface area contributed by atoms with Crippen LogP contribution in [0.1, 0.15) is 28.9 Å². The number of nitrogens with one attached hydrogen (secondary N) is 2. The van der Waals surface area contributed by atoms with Crippen LogP contribution in [0, 0.1) is 11.7 Å². The van der Waals surface area contributed by atoms with E-state index in [4.69, 9.17) is 30.8 Å². The van der Waals surface area contributed by atoms with Crippen molar-refractivity contribution in [3.05, 3.63) is 70.6 Å². The Bertz CT molecular complexity index is 1350. The highest BCUT2D eigenvalue weighted by Crippen LogP contribution is 2.37. The minimum Gasteiger partial charge on any atom is -0.494 e. The first-order valence-corrected chi connectivity index (χ1v) is 12.8. The number of aliphatic hydroxyl groups is 1. The first-order chi connectivity index (χ1) is 18.3. The van der Waals surface area contributed by atoms with Crippen molar-refractivity contribution in [3.8, 4) is 28.5 Å². The summed E-state index contributed by atoms with van der Waals surface area (Å²) in [5.74, 6) is 0.398. The number of aromatic nitrogens is 1. The summed E-state index contributed by atoms with van der Waals surface area (Å²) in [6, 6.07) is 12.6. The molecule has 8 nitrogen and oxygen atoms in total. The molecule has 1 saturated heterocycles. The molecule has 2 aromatic carbocycles. The summed E-state index contributed by atoms with van der Waals surface area (Å²) in [4.78, 5) is 17.8. The Morgan fingerprint density at radius 1 is 1.11 bits per heavy atom. The van der Waals surface area contributed by atoms with Crippen LogP contribution in [0.5, 0.6) is 17.2 Å². The second kappa shape index (κ2) is 10.8. The molecule has 2 fully saturated rings. The summed E-state index contributed by atoms with van der Waals surface area (Å²) in [5, 5.41) is 17.9. The Balaban J connectivity index is 1.41. The van der Waals surface area contributed by atoms with E-state index in [-0.39, 0.29) is 29.5 Å². The van der Waals surface area contributed by atoms with Crippen molar-refractivity contribution in [1.82, 2.24) is 15.6 Å². The van der Waals surface area contributed by atoms with Crippen LogP contribution in [0.15, 0.2) is 48.5 Å². The Labute approximate surface area is 225 Å². The van der Waals surface area contributed by atoms with Crippen molar-refractivity contribution in [2.75, 3.05) is 33.9 Å². The highest BCUT2D eigenvalue weighted by atomic mass is 35.5. The van der Waals surface area contributed by atoms with Crippen molar-refractivity contribution in [1.29, 1.82) is 0 Å². The molecule has 0 spiro atoms. The lowest BCUT2D eigenvalue weighted by Crippen LogP contribution is -2.58. The van der Waals surface area contributed by atoms with Gasteiger partial charge in [0.2, 0.25) is 0 Å². The third-order valence-corrected chi connectivity index (χ3v) is 7.22. The summed E-state index contributed by atoms with van der Waals surface area (Å²) in [6.45, 7) is 1.03. The van der Waals surface area contributed by atoms with Crippen LogP contribution in [0.2, 0.25) is 5.02 Å². The number of methoxy groups -OCH3 is 2. The minimum absolute atomic E-state index is 0.0496. The van der Waals surface area contributed by atoms with Gasteiger partial charge in [-0.1, -0.05) is 11.6 Å². The number of amides is 1. The zero-order valence-electron chi connectivity index (χ0n) is 21.1. The quantitative estimate of drug-likeness (QED) is 0.357. The minimum atomic E-state index is -1.48. The van der Waals surface area contributed by atoms with E-state index in [1.54, 1.807) is 36.4 Å². The zero-order valence-corrected chi connectivity index (χ0v) is 21.8. The number of benzene rings is 2. The summed E-state index contributed by atoms with van der Waals surface area (Å²) < 4.78 is 30.5. The number of hydrogen-bond donors (Lipinski definition) is 3. The predicted molar refractivity (Wildman–Crippen MR) is 140 cm³/mol. The van der Waals surface area contributed by atoms with Crippen molar-refractivity contribution < 1.29 is 28.5 Å². The van der Waals surface area contributed by atoms with E-state index >= 15 is 0 Å². The van der Waals surface area contributed by atoms with Gasteiger partial charge in [-0.05, 0) is 61.4 Å². The van der Waals surface area contributed by atoms with E-state index < -0.39 is 11.4 Å². The molecule has 1 unspecified atom stereocenters. The smallest absolute Gasteiger partial charge is 0.251 e. The third-order valence-electron chi connectivity index (χ3n) is 6.93. The van der Waals surface area contributed by atoms with Crippen LogP contribution in [0.3, 0.4) is 0 Å². The molecule has 3 N–H and O–H groups in total. The van der Waals surface area contributed by atoms with Gasteiger partial charge in [0.1, 0.15) is 22.9 Å². The highest BCUT2D eigenvalue weighted by molar-refractivity contribution is 6.31. The van der Waals surface area contributed by atoms with Crippen molar-refractivity contribution >= 4 is 17.5 Å². The second-order valence-electron chi connectivity index (χ2n) is 9.52. The summed E-state index contributed by atoms with van der Waals surface area (Å²) in [5.41, 5.74) is 0.189. The normalized spacial score (nSPS) is 16.8. The van der Waals surface area contributed by atoms with Crippen molar-refractivity contribution in [3.63, 3.8) is 0 Å². The number of carbonyl (C=O) groups excluding carboxylic acids is 1. The molecule has 0 bridgehead atoms. The molecule has 1 aliphatic heterocycles. The van der Waals surface area contributed by atoms with Crippen LogP contribution in [0.25, 0.3) is 11.3 Å². The molecule has 10 heteroatoms. The zero-order chi connectivity index (χ0) is 26.9. The Morgan fingerprint density at radius 3 is 2.47 bits per heavy atom. The number of hydrogen-bond acceptors (Lipinski definition) is 7. The fourth-order valence-electron chi connectivity index (χ4n) is 4.36. The molecule has 2 aliphatic rings. The highest BCUT2D eigenvalue weighted by Gasteiger charge is 2.43. The maximum atomic E-state index is 13.8. The van der Waals surface area contributed by atoms with Gasteiger partial charge in [0.15, 0.2) is 11.5 Å². The third kappa shape index (κ3) is 5.27. The molecule has 1 amide bonds. The fraction of sp³-hybridized carbons (Fsp3) is 0.357. The average molecular weight is 542 g/mol. The first kappa shape index (κ1) is 26.2. The number of carbonyl (C=O) groups is 1. The van der Waals surface area contributed by atoms with Crippen LogP contribution in [0.4, 0.5) is 4.39 Å². The molecule has 1 aromatic heterocycles. The molecular formula is C28H29ClFN3O5. The topological polar surface area (TPSA) is 102 Å². The number of nitrogens with zero attached hydrogens (tertiary/aromatic N) is 1. The van der Waals surface area contributed by atoms with E-state index in [9.17, 15) is 14.3 Å². The van der Waals surface area contributed by atoms with E-state index in [1.807, 2.05) is 0 Å². The lowest BCUT2D eigenvalue weighted by atomic mass is 9.79. The fourth-order valence-corrected chi connectivity index (χ4v) is 4.54. The summed E-state index contributed by atoms with van der Waals surface area (Å²) in [7, 11) is 3.03. The van der Waals surface area contributed by atoms with E-state index in [1.165, 1.54) is 26.4 Å². The van der Waals surface area contributed by atoms with Gasteiger partial charge in [-0.25, -0.2) is 9.37 Å². The lowest BCUT2D eigenvalue weighted by Gasteiger charge is -2.41. The van der Waals surface area contributed by atoms with Crippen molar-refractivity contribution in [2.24, 2.45) is 5.92 Å². The molecule has 1 atom stereocenters. The van der Waals surface area contributed by atoms with Gasteiger partial charge in [-0.15, -0.1) is 0 Å². The van der Waals surface area contributed by atoms with Gasteiger partial charge in [-0.2, -0.15) is 0 Å². The molecular weight excluding hydrogens is 513 g/mol. The molecule has 3 aromatic rings. The van der Waals surface area contributed by atoms with Gasteiger partial charge in [0.25, 0.3) is 5.91 Å². The largest absolute Gasteiger partial charge is 0.494 e. The molecule has 1 saturated carbocycles. The van der Waals surface area contributed by atoms with Gasteiger partial charge in [-0.3, -0.25) is 4.79 Å². The number of halogens is 2. The van der Waals surface area contributed by atoms with Crippen molar-refractivity contribution in [2.45, 2.75) is 24.5 Å². The summed E-state index contributed by atoms with van der Waals surface area (Å²) >= 11 is 6.01. The molecule has 5 rings (SSSR count). The SMILES string of the molecule is COc1cc(C(=O)NCC(O)(c2ccc(OC)c(-c3ccc(F)c(Cl)c3)n2)C2CNC2)ccc1OC1CC1. The van der Waals surface area contributed by atoms with Gasteiger partial charge in [0, 0.05) is 30.1 Å². The first-order valence-electron chi connectivity index (χ1n) is 12.4. The van der Waals surface area contributed by atoms with Gasteiger partial charge in [0.05, 0.1) is 37.6 Å². The molecule has 2 heterocycles. The van der Waals surface area contributed by atoms with E-state index in [0.29, 0.717) is 52.9 Å². The van der Waals surface area contributed by atoms with E-state index in [0.717, 1.165) is 12.8 Å². The lowest BCUT2D eigenvalue weighted by molar-refractivity contribution is -0.0456. The second-order valence-corrected chi connectivity index (χ2v) is 9.93. The molecule has 0 radical (unpaired) electrons. The monoisotopic (exact) mass is 541 g/mol. The average Bonchev–Trinajstić information content (AvgIpc) is 3.71. The van der Waals surface area contributed by atoms with Crippen LogP contribution >= 0.6 is 11.6 Å². The van der Waals surface area contributed by atoms with Crippen LogP contribution < -0.4 is 24.8 Å². The number of pyridine rings is 1. The Hall–Kier alpha value is -3.40. The predicted octanol–water partition coefficient (Wildman–Crippen LogP) is 3.94. The van der Waals surface area contributed by atoms with E-state index in [2.05, 4.69) is 10.6 Å². The van der Waals surface area contributed by atoms with Crippen LogP contribution in [-0.2, 0) is 5.60 Å². The summed E-state index contributed by atoms with van der Waals surface area (Å²) in [6.07, 6.45) is 2.22. The molecule has 200 valence electrons. The van der Waals surface area contributed by atoms with Gasteiger partial charge >= 0.3 is 0 Å². The molecule has 1 aliphatic carbocycles. The maximum Gasteiger partial charge on any atom is 0.251 e. The Kier molecular flexibility index (Phi) is 7.43. The van der Waals surface area contributed by atoms with Crippen LogP contribution in [-0.4, -0.2) is 56.0 Å². The number of rotatable bonds is 10. The van der Waals surface area contributed by atoms with Gasteiger partial charge < -0.3 is 30.0 Å². The Morgan fingerprint density at radius 2 is 1.84 bits per heavy atom. The number of ether oxygens (including phenoxy) is 3. The molecule has 38 heavy (non-hydrogen) atoms. The maximum absolute atomic E-state index is 13.8. The standard InChI is InChI=1S/C28H29ClFN3O5/c1-36-23-9-10-25(33-26(23)16-3-7-21(30)20(29)11-16)28(35,18-13-31-14-18)15-32-27(34)17-4-8-22(24(12-17)37-2)38-19-5-6-19/h3-4,7-12,18-19,31,35H,5-6,13-15H2,1-2H3,(H,32,34).